The number of aryl methyl sites for hydroxylation is 2. The van der Waals surface area contributed by atoms with E-state index < -0.39 is 0 Å². The number of halogens is 1. The van der Waals surface area contributed by atoms with Gasteiger partial charge in [-0.25, -0.2) is 0 Å². The highest BCUT2D eigenvalue weighted by Gasteiger charge is 2.21. The molecule has 158 valence electrons. The summed E-state index contributed by atoms with van der Waals surface area (Å²) in [5.41, 5.74) is 2.67. The number of H-pyrrole nitrogens is 1. The number of fused-ring (bicyclic) bond motifs is 1. The molecule has 0 atom stereocenters. The molecule has 0 aliphatic carbocycles. The Morgan fingerprint density at radius 3 is 2.90 bits per heavy atom. The van der Waals surface area contributed by atoms with Crippen LogP contribution in [0.3, 0.4) is 0 Å². The maximum Gasteiger partial charge on any atom is 0.276 e. The molecule has 1 aliphatic heterocycles. The molecular weight excluding hydrogens is 424 g/mol. The minimum absolute atomic E-state index is 0.0655. The Hall–Kier alpha value is -2.52. The molecule has 1 aliphatic rings. The van der Waals surface area contributed by atoms with E-state index in [-0.39, 0.29) is 11.8 Å². The molecule has 8 nitrogen and oxygen atoms in total. The van der Waals surface area contributed by atoms with E-state index in [4.69, 9.17) is 11.6 Å². The fraction of sp³-hybridized carbons (Fsp3) is 0.400. The van der Waals surface area contributed by atoms with Crippen LogP contribution in [0.4, 0.5) is 0 Å². The third-order valence-corrected chi connectivity index (χ3v) is 6.33. The number of aromatic nitrogens is 4. The second-order valence-electron chi connectivity index (χ2n) is 7.20. The maximum absolute atomic E-state index is 12.5. The normalized spacial score (nSPS) is 14.3. The van der Waals surface area contributed by atoms with Crippen molar-refractivity contribution in [2.24, 2.45) is 0 Å². The van der Waals surface area contributed by atoms with E-state index in [9.17, 15) is 9.59 Å². The van der Waals surface area contributed by atoms with E-state index in [1.54, 1.807) is 16.9 Å². The number of thioether (sulfide) groups is 1. The molecule has 0 spiro atoms. The fourth-order valence-corrected chi connectivity index (χ4v) is 4.57. The van der Waals surface area contributed by atoms with Crippen LogP contribution in [0, 0.1) is 6.92 Å². The maximum atomic E-state index is 12.5. The number of rotatable bonds is 6. The zero-order valence-corrected chi connectivity index (χ0v) is 18.2. The number of hydrogen-bond acceptors (Lipinski definition) is 5. The minimum Gasteiger partial charge on any atom is -0.351 e. The number of nitrogens with zero attached hydrogens (tertiary/aromatic N) is 4. The van der Waals surface area contributed by atoms with Crippen molar-refractivity contribution >= 4 is 46.1 Å². The van der Waals surface area contributed by atoms with Gasteiger partial charge in [-0.1, -0.05) is 16.8 Å². The molecule has 1 saturated heterocycles. The van der Waals surface area contributed by atoms with Gasteiger partial charge in [-0.2, -0.15) is 11.8 Å². The van der Waals surface area contributed by atoms with Gasteiger partial charge in [-0.3, -0.25) is 14.3 Å². The topological polar surface area (TPSA) is 95.9 Å². The Kier molecular flexibility index (Phi) is 6.29. The predicted octanol–water partition coefficient (Wildman–Crippen LogP) is 2.73. The highest BCUT2D eigenvalue weighted by atomic mass is 35.5. The average Bonchev–Trinajstić information content (AvgIpc) is 3.36. The number of aromatic amines is 1. The average molecular weight is 447 g/mol. The van der Waals surface area contributed by atoms with Crippen LogP contribution in [0.2, 0.25) is 5.02 Å². The molecule has 4 rings (SSSR count). The van der Waals surface area contributed by atoms with Gasteiger partial charge in [0.05, 0.1) is 6.20 Å². The second-order valence-corrected chi connectivity index (χ2v) is 8.86. The number of carbonyl (C=O) groups is 2. The summed E-state index contributed by atoms with van der Waals surface area (Å²) < 4.78 is 1.65. The van der Waals surface area contributed by atoms with Crippen LogP contribution in [-0.2, 0) is 6.54 Å². The zero-order chi connectivity index (χ0) is 21.1. The number of benzene rings is 1. The molecule has 1 fully saturated rings. The van der Waals surface area contributed by atoms with E-state index in [2.05, 4.69) is 20.6 Å². The van der Waals surface area contributed by atoms with Gasteiger partial charge in [0, 0.05) is 53.6 Å². The smallest absolute Gasteiger partial charge is 0.276 e. The summed E-state index contributed by atoms with van der Waals surface area (Å²) in [6.45, 7) is 4.46. The fourth-order valence-electron chi connectivity index (χ4n) is 3.49. The van der Waals surface area contributed by atoms with Crippen LogP contribution in [-0.4, -0.2) is 67.8 Å². The molecule has 1 aromatic carbocycles. The Bertz CT molecular complexity index is 1070. The summed E-state index contributed by atoms with van der Waals surface area (Å²) in [5.74, 6) is 1.70. The van der Waals surface area contributed by atoms with Gasteiger partial charge in [0.1, 0.15) is 5.69 Å². The first-order chi connectivity index (χ1) is 14.5. The lowest BCUT2D eigenvalue weighted by Gasteiger charge is -2.25. The molecule has 10 heteroatoms. The van der Waals surface area contributed by atoms with Crippen molar-refractivity contribution in [2.75, 3.05) is 31.1 Å². The molecule has 0 bridgehead atoms. The van der Waals surface area contributed by atoms with Gasteiger partial charge in [0.15, 0.2) is 5.69 Å². The molecule has 0 saturated carbocycles. The minimum atomic E-state index is -0.155. The SMILES string of the molecule is Cc1c(C(=O)NCCCn2cc(C(=O)N3CCSCC3)nn2)[nH]c2ccc(Cl)cc12. The molecule has 0 radical (unpaired) electrons. The molecule has 0 unspecified atom stereocenters. The lowest BCUT2D eigenvalue weighted by Crippen LogP contribution is -2.38. The first-order valence-electron chi connectivity index (χ1n) is 9.86. The van der Waals surface area contributed by atoms with E-state index in [1.165, 1.54) is 0 Å². The van der Waals surface area contributed by atoms with Crippen molar-refractivity contribution in [1.82, 2.24) is 30.2 Å². The van der Waals surface area contributed by atoms with Gasteiger partial charge in [-0.05, 0) is 37.1 Å². The highest BCUT2D eigenvalue weighted by molar-refractivity contribution is 7.99. The molecule has 2 N–H and O–H groups in total. The third kappa shape index (κ3) is 4.46. The summed E-state index contributed by atoms with van der Waals surface area (Å²) >= 11 is 7.91. The van der Waals surface area contributed by atoms with E-state index in [1.807, 2.05) is 35.7 Å². The van der Waals surface area contributed by atoms with Gasteiger partial charge < -0.3 is 15.2 Å². The van der Waals surface area contributed by atoms with Gasteiger partial charge in [0.25, 0.3) is 11.8 Å². The number of carbonyl (C=O) groups excluding carboxylic acids is 2. The lowest BCUT2D eigenvalue weighted by atomic mass is 10.1. The Morgan fingerprint density at radius 2 is 2.10 bits per heavy atom. The molecule has 2 aromatic heterocycles. The summed E-state index contributed by atoms with van der Waals surface area (Å²) in [5, 5.41) is 12.6. The van der Waals surface area contributed by atoms with Crippen molar-refractivity contribution in [3.8, 4) is 0 Å². The zero-order valence-electron chi connectivity index (χ0n) is 16.7. The summed E-state index contributed by atoms with van der Waals surface area (Å²) in [7, 11) is 0. The predicted molar refractivity (Wildman–Crippen MR) is 118 cm³/mol. The van der Waals surface area contributed by atoms with Crippen molar-refractivity contribution in [3.63, 3.8) is 0 Å². The van der Waals surface area contributed by atoms with Crippen LogP contribution in [0.5, 0.6) is 0 Å². The van der Waals surface area contributed by atoms with Gasteiger partial charge >= 0.3 is 0 Å². The summed E-state index contributed by atoms with van der Waals surface area (Å²) in [4.78, 5) is 30.0. The Labute approximate surface area is 183 Å². The number of nitrogens with one attached hydrogen (secondary N) is 2. The lowest BCUT2D eigenvalue weighted by molar-refractivity contribution is 0.0766. The van der Waals surface area contributed by atoms with E-state index in [0.717, 1.165) is 41.1 Å². The quantitative estimate of drug-likeness (QED) is 0.567. The first-order valence-corrected chi connectivity index (χ1v) is 11.4. The third-order valence-electron chi connectivity index (χ3n) is 5.15. The van der Waals surface area contributed by atoms with Crippen molar-refractivity contribution in [2.45, 2.75) is 19.9 Å². The van der Waals surface area contributed by atoms with Crippen LogP contribution < -0.4 is 5.32 Å². The largest absolute Gasteiger partial charge is 0.351 e. The molecule has 3 heterocycles. The summed E-state index contributed by atoms with van der Waals surface area (Å²) in [6, 6.07) is 5.52. The van der Waals surface area contributed by atoms with Gasteiger partial charge in [0.2, 0.25) is 0 Å². The van der Waals surface area contributed by atoms with Gasteiger partial charge in [-0.15, -0.1) is 5.10 Å². The molecule has 30 heavy (non-hydrogen) atoms. The van der Waals surface area contributed by atoms with Crippen LogP contribution in [0.1, 0.15) is 33.0 Å². The first kappa shape index (κ1) is 20.7. The Balaban J connectivity index is 1.28. The molecular formula is C20H23ClN6O2S. The number of amides is 2. The number of hydrogen-bond donors (Lipinski definition) is 2. The summed E-state index contributed by atoms with van der Waals surface area (Å²) in [6.07, 6.45) is 2.35. The van der Waals surface area contributed by atoms with Crippen molar-refractivity contribution in [3.05, 3.63) is 46.4 Å². The second kappa shape index (κ2) is 9.09. The van der Waals surface area contributed by atoms with Crippen molar-refractivity contribution < 1.29 is 9.59 Å². The van der Waals surface area contributed by atoms with Crippen LogP contribution in [0.25, 0.3) is 10.9 Å². The van der Waals surface area contributed by atoms with E-state index in [0.29, 0.717) is 35.9 Å². The van der Waals surface area contributed by atoms with Crippen molar-refractivity contribution in [1.29, 1.82) is 0 Å². The molecule has 2 amide bonds. The molecule has 3 aromatic rings. The highest BCUT2D eigenvalue weighted by Crippen LogP contribution is 2.24. The van der Waals surface area contributed by atoms with Crippen LogP contribution >= 0.6 is 23.4 Å². The van der Waals surface area contributed by atoms with Crippen LogP contribution in [0.15, 0.2) is 24.4 Å². The standard InChI is InChI=1S/C20H23ClN6O2S/c1-13-15-11-14(21)3-4-16(15)23-18(13)19(28)22-5-2-6-27-12-17(24-25-27)20(29)26-7-9-30-10-8-26/h3-4,11-12,23H,2,5-10H2,1H3,(H,22,28). The Morgan fingerprint density at radius 1 is 1.30 bits per heavy atom. The monoisotopic (exact) mass is 446 g/mol. The van der Waals surface area contributed by atoms with E-state index >= 15 is 0 Å².